The maximum Gasteiger partial charge on any atom is 0.313 e. The molecule has 4 heteroatoms. The van der Waals surface area contributed by atoms with Gasteiger partial charge in [-0.05, 0) is 26.3 Å². The van der Waals surface area contributed by atoms with Crippen molar-refractivity contribution in [2.45, 2.75) is 39.4 Å². The number of rotatable bonds is 9. The van der Waals surface area contributed by atoms with Crippen LogP contribution >= 0.6 is 0 Å². The quantitative estimate of drug-likeness (QED) is 0.515. The maximum absolute atomic E-state index is 12.2. The molecule has 0 aliphatic carbocycles. The summed E-state index contributed by atoms with van der Waals surface area (Å²) in [6, 6.07) is 9.61. The molecule has 4 nitrogen and oxygen atoms in total. The Bertz CT molecular complexity index is 371. The molecule has 0 heterocycles. The third-order valence-corrected chi connectivity index (χ3v) is 2.91. The van der Waals surface area contributed by atoms with Gasteiger partial charge in [0.1, 0.15) is 0 Å². The fourth-order valence-electron chi connectivity index (χ4n) is 2.05. The van der Waals surface area contributed by atoms with Crippen molar-refractivity contribution in [2.24, 2.45) is 0 Å². The summed E-state index contributed by atoms with van der Waals surface area (Å²) in [5, 5.41) is 0. The van der Waals surface area contributed by atoms with Crippen LogP contribution in [0.15, 0.2) is 30.3 Å². The Morgan fingerprint density at radius 2 is 1.60 bits per heavy atom. The molecule has 112 valence electrons. The van der Waals surface area contributed by atoms with Crippen molar-refractivity contribution in [3.63, 3.8) is 0 Å². The van der Waals surface area contributed by atoms with Crippen molar-refractivity contribution < 1.29 is 19.0 Å². The van der Waals surface area contributed by atoms with E-state index in [1.165, 1.54) is 0 Å². The predicted octanol–water partition coefficient (Wildman–Crippen LogP) is 3.12. The summed E-state index contributed by atoms with van der Waals surface area (Å²) in [7, 11) is 0. The first-order chi connectivity index (χ1) is 9.72. The first-order valence-electron chi connectivity index (χ1n) is 7.17. The van der Waals surface area contributed by atoms with E-state index in [1.54, 1.807) is 0 Å². The van der Waals surface area contributed by atoms with Crippen LogP contribution in [0.25, 0.3) is 0 Å². The molecule has 0 amide bonds. The van der Waals surface area contributed by atoms with Crippen LogP contribution in [0, 0.1) is 0 Å². The van der Waals surface area contributed by atoms with Gasteiger partial charge < -0.3 is 14.2 Å². The second-order valence-corrected chi connectivity index (χ2v) is 4.29. The summed E-state index contributed by atoms with van der Waals surface area (Å²) in [4.78, 5) is 12.2. The van der Waals surface area contributed by atoms with Gasteiger partial charge in [-0.1, -0.05) is 30.3 Å². The Hall–Kier alpha value is -1.39. The Balaban J connectivity index is 2.84. The highest BCUT2D eigenvalue weighted by Gasteiger charge is 2.26. The predicted molar refractivity (Wildman–Crippen MR) is 77.5 cm³/mol. The number of benzene rings is 1. The number of ether oxygens (including phenoxy) is 3. The molecular weight excluding hydrogens is 256 g/mol. The highest BCUT2D eigenvalue weighted by molar-refractivity contribution is 5.78. The summed E-state index contributed by atoms with van der Waals surface area (Å²) in [6.07, 6.45) is 0.0736. The third kappa shape index (κ3) is 5.31. The van der Waals surface area contributed by atoms with Gasteiger partial charge in [-0.3, -0.25) is 4.79 Å². The van der Waals surface area contributed by atoms with E-state index in [4.69, 9.17) is 14.2 Å². The largest absolute Gasteiger partial charge is 0.466 e. The van der Waals surface area contributed by atoms with E-state index in [-0.39, 0.29) is 18.2 Å². The van der Waals surface area contributed by atoms with Crippen LogP contribution in [0.3, 0.4) is 0 Å². The SMILES string of the molecule is CCOC(=O)C(CC(OCC)OCC)c1ccccc1. The number of esters is 1. The summed E-state index contributed by atoms with van der Waals surface area (Å²) < 4.78 is 16.2. The molecule has 0 aliphatic heterocycles. The summed E-state index contributed by atoms with van der Waals surface area (Å²) in [5.41, 5.74) is 0.926. The smallest absolute Gasteiger partial charge is 0.313 e. The van der Waals surface area contributed by atoms with E-state index in [1.807, 2.05) is 51.1 Å². The van der Waals surface area contributed by atoms with Crippen LogP contribution < -0.4 is 0 Å². The zero-order valence-corrected chi connectivity index (χ0v) is 12.5. The highest BCUT2D eigenvalue weighted by atomic mass is 16.7. The molecule has 1 atom stereocenters. The molecule has 1 rings (SSSR count). The van der Waals surface area contributed by atoms with E-state index in [0.29, 0.717) is 26.2 Å². The van der Waals surface area contributed by atoms with E-state index in [2.05, 4.69) is 0 Å². The first-order valence-corrected chi connectivity index (χ1v) is 7.17. The Morgan fingerprint density at radius 1 is 1.00 bits per heavy atom. The Morgan fingerprint density at radius 3 is 2.10 bits per heavy atom. The summed E-state index contributed by atoms with van der Waals surface area (Å²) >= 11 is 0. The standard InChI is InChI=1S/C16H24O4/c1-4-18-15(19-5-2)12-14(16(17)20-6-3)13-10-8-7-9-11-13/h7-11,14-15H,4-6,12H2,1-3H3. The van der Waals surface area contributed by atoms with E-state index in [0.717, 1.165) is 5.56 Å². The number of hydrogen-bond donors (Lipinski definition) is 0. The molecule has 0 spiro atoms. The molecule has 0 radical (unpaired) electrons. The lowest BCUT2D eigenvalue weighted by molar-refractivity contribution is -0.159. The molecular formula is C16H24O4. The maximum atomic E-state index is 12.2. The molecule has 1 aromatic carbocycles. The minimum atomic E-state index is -0.389. The van der Waals surface area contributed by atoms with Gasteiger partial charge in [0, 0.05) is 19.6 Å². The van der Waals surface area contributed by atoms with E-state index in [9.17, 15) is 4.79 Å². The number of hydrogen-bond acceptors (Lipinski definition) is 4. The molecule has 0 saturated heterocycles. The van der Waals surface area contributed by atoms with Crippen molar-refractivity contribution in [1.82, 2.24) is 0 Å². The van der Waals surface area contributed by atoms with Crippen LogP contribution in [-0.2, 0) is 19.0 Å². The van der Waals surface area contributed by atoms with Gasteiger partial charge in [0.2, 0.25) is 0 Å². The van der Waals surface area contributed by atoms with E-state index < -0.39 is 0 Å². The van der Waals surface area contributed by atoms with Crippen molar-refractivity contribution in [1.29, 1.82) is 0 Å². The molecule has 0 bridgehead atoms. The Kier molecular flexibility index (Phi) is 7.92. The van der Waals surface area contributed by atoms with Gasteiger partial charge in [-0.25, -0.2) is 0 Å². The van der Waals surface area contributed by atoms with Crippen LogP contribution in [-0.4, -0.2) is 32.1 Å². The lowest BCUT2D eigenvalue weighted by Gasteiger charge is -2.22. The molecule has 0 N–H and O–H groups in total. The fraction of sp³-hybridized carbons (Fsp3) is 0.562. The van der Waals surface area contributed by atoms with Gasteiger partial charge >= 0.3 is 5.97 Å². The number of carbonyl (C=O) groups is 1. The van der Waals surface area contributed by atoms with Crippen LogP contribution in [0.4, 0.5) is 0 Å². The zero-order chi connectivity index (χ0) is 14.8. The second kappa shape index (κ2) is 9.50. The summed E-state index contributed by atoms with van der Waals surface area (Å²) in [5.74, 6) is -0.595. The third-order valence-electron chi connectivity index (χ3n) is 2.91. The van der Waals surface area contributed by atoms with Crippen LogP contribution in [0.1, 0.15) is 38.7 Å². The second-order valence-electron chi connectivity index (χ2n) is 4.29. The van der Waals surface area contributed by atoms with Gasteiger partial charge in [0.05, 0.1) is 12.5 Å². The van der Waals surface area contributed by atoms with Crippen LogP contribution in [0.5, 0.6) is 0 Å². The van der Waals surface area contributed by atoms with Gasteiger partial charge in [-0.15, -0.1) is 0 Å². The van der Waals surface area contributed by atoms with Crippen molar-refractivity contribution >= 4 is 5.97 Å². The minimum Gasteiger partial charge on any atom is -0.466 e. The Labute approximate surface area is 121 Å². The molecule has 0 aromatic heterocycles. The van der Waals surface area contributed by atoms with Gasteiger partial charge in [0.25, 0.3) is 0 Å². The minimum absolute atomic E-state index is 0.233. The zero-order valence-electron chi connectivity index (χ0n) is 12.5. The van der Waals surface area contributed by atoms with Gasteiger partial charge in [-0.2, -0.15) is 0 Å². The lowest BCUT2D eigenvalue weighted by Crippen LogP contribution is -2.25. The van der Waals surface area contributed by atoms with Crippen molar-refractivity contribution in [3.8, 4) is 0 Å². The van der Waals surface area contributed by atoms with E-state index >= 15 is 0 Å². The van der Waals surface area contributed by atoms with Crippen LogP contribution in [0.2, 0.25) is 0 Å². The van der Waals surface area contributed by atoms with Crippen molar-refractivity contribution in [2.75, 3.05) is 19.8 Å². The molecule has 1 unspecified atom stereocenters. The molecule has 0 fully saturated rings. The lowest BCUT2D eigenvalue weighted by atomic mass is 9.95. The topological polar surface area (TPSA) is 44.8 Å². The average molecular weight is 280 g/mol. The highest BCUT2D eigenvalue weighted by Crippen LogP contribution is 2.24. The van der Waals surface area contributed by atoms with Crippen molar-refractivity contribution in [3.05, 3.63) is 35.9 Å². The average Bonchev–Trinajstić information content (AvgIpc) is 2.46. The molecule has 1 aromatic rings. The molecule has 0 saturated carbocycles. The van der Waals surface area contributed by atoms with Gasteiger partial charge in [0.15, 0.2) is 6.29 Å². The fourth-order valence-corrected chi connectivity index (χ4v) is 2.05. The molecule has 20 heavy (non-hydrogen) atoms. The molecule has 0 aliphatic rings. The summed E-state index contributed by atoms with van der Waals surface area (Å²) in [6.45, 7) is 7.10. The monoisotopic (exact) mass is 280 g/mol. The number of carbonyl (C=O) groups excluding carboxylic acids is 1. The first kappa shape index (κ1) is 16.7. The normalized spacial score (nSPS) is 12.4.